The SMILES string of the molecule is Cl.O=C(C1CCCNC1)N1CCCCC1c1cc2ccccc2[nH]1. The highest BCUT2D eigenvalue weighted by Crippen LogP contribution is 2.33. The smallest absolute Gasteiger partial charge is 0.227 e. The molecule has 4 nitrogen and oxygen atoms in total. The van der Waals surface area contributed by atoms with Gasteiger partial charge in [-0.1, -0.05) is 18.2 Å². The maximum Gasteiger partial charge on any atom is 0.227 e. The van der Waals surface area contributed by atoms with E-state index in [1.165, 1.54) is 23.0 Å². The molecule has 2 aliphatic rings. The van der Waals surface area contributed by atoms with Crippen LogP contribution in [0.1, 0.15) is 43.8 Å². The van der Waals surface area contributed by atoms with Crippen molar-refractivity contribution in [2.45, 2.75) is 38.1 Å². The van der Waals surface area contributed by atoms with Crippen molar-refractivity contribution in [3.63, 3.8) is 0 Å². The Labute approximate surface area is 149 Å². The highest BCUT2D eigenvalue weighted by Gasteiger charge is 2.33. The molecule has 0 saturated carbocycles. The number of likely N-dealkylation sites (tertiary alicyclic amines) is 1. The number of piperidine rings is 2. The lowest BCUT2D eigenvalue weighted by Crippen LogP contribution is -2.46. The monoisotopic (exact) mass is 347 g/mol. The predicted octanol–water partition coefficient (Wildman–Crippen LogP) is 3.64. The number of carbonyl (C=O) groups excluding carboxylic acids is 1. The third kappa shape index (κ3) is 3.31. The quantitative estimate of drug-likeness (QED) is 0.871. The molecule has 1 aromatic carbocycles. The second-order valence-electron chi connectivity index (χ2n) is 6.90. The van der Waals surface area contributed by atoms with Gasteiger partial charge in [0.2, 0.25) is 5.91 Å². The fourth-order valence-electron chi connectivity index (χ4n) is 4.09. The van der Waals surface area contributed by atoms with Gasteiger partial charge in [0.05, 0.1) is 12.0 Å². The number of H-pyrrole nitrogens is 1. The van der Waals surface area contributed by atoms with Gasteiger partial charge in [0.25, 0.3) is 0 Å². The van der Waals surface area contributed by atoms with E-state index in [2.05, 4.69) is 45.5 Å². The van der Waals surface area contributed by atoms with Crippen LogP contribution < -0.4 is 5.32 Å². The summed E-state index contributed by atoms with van der Waals surface area (Å²) in [6.07, 6.45) is 5.54. The minimum Gasteiger partial charge on any atom is -0.357 e. The average Bonchev–Trinajstić information content (AvgIpc) is 3.06. The number of nitrogens with zero attached hydrogens (tertiary/aromatic N) is 1. The summed E-state index contributed by atoms with van der Waals surface area (Å²) >= 11 is 0. The molecule has 0 bridgehead atoms. The number of nitrogens with one attached hydrogen (secondary N) is 2. The fraction of sp³-hybridized carbons (Fsp3) is 0.526. The summed E-state index contributed by atoms with van der Waals surface area (Å²) < 4.78 is 0. The van der Waals surface area contributed by atoms with Crippen LogP contribution in [0.25, 0.3) is 10.9 Å². The van der Waals surface area contributed by atoms with E-state index in [1.807, 2.05) is 0 Å². The maximum atomic E-state index is 13.0. The Morgan fingerprint density at radius 2 is 2.00 bits per heavy atom. The molecular weight excluding hydrogens is 322 g/mol. The van der Waals surface area contributed by atoms with E-state index in [0.29, 0.717) is 5.91 Å². The van der Waals surface area contributed by atoms with Crippen molar-refractivity contribution in [1.82, 2.24) is 15.2 Å². The topological polar surface area (TPSA) is 48.1 Å². The third-order valence-electron chi connectivity index (χ3n) is 5.34. The lowest BCUT2D eigenvalue weighted by molar-refractivity contribution is -0.140. The normalized spacial score (nSPS) is 24.6. The van der Waals surface area contributed by atoms with E-state index < -0.39 is 0 Å². The molecule has 2 saturated heterocycles. The predicted molar refractivity (Wildman–Crippen MR) is 99.4 cm³/mol. The summed E-state index contributed by atoms with van der Waals surface area (Å²) in [5.74, 6) is 0.509. The minimum atomic E-state index is 0. The Morgan fingerprint density at radius 1 is 1.12 bits per heavy atom. The number of para-hydroxylation sites is 1. The number of aromatic nitrogens is 1. The fourth-order valence-corrected chi connectivity index (χ4v) is 4.09. The van der Waals surface area contributed by atoms with Gasteiger partial charge < -0.3 is 15.2 Å². The molecule has 0 spiro atoms. The van der Waals surface area contributed by atoms with Gasteiger partial charge in [-0.3, -0.25) is 4.79 Å². The van der Waals surface area contributed by atoms with Crippen LogP contribution in [0.4, 0.5) is 0 Å². The molecular formula is C19H26ClN3O. The molecule has 2 atom stereocenters. The molecule has 2 fully saturated rings. The second kappa shape index (κ2) is 7.58. The first-order valence-electron chi connectivity index (χ1n) is 8.92. The number of hydrogen-bond donors (Lipinski definition) is 2. The van der Waals surface area contributed by atoms with Gasteiger partial charge >= 0.3 is 0 Å². The highest BCUT2D eigenvalue weighted by atomic mass is 35.5. The van der Waals surface area contributed by atoms with Crippen molar-refractivity contribution in [2.75, 3.05) is 19.6 Å². The van der Waals surface area contributed by atoms with Crippen molar-refractivity contribution in [3.05, 3.63) is 36.0 Å². The van der Waals surface area contributed by atoms with Crippen molar-refractivity contribution in [3.8, 4) is 0 Å². The van der Waals surface area contributed by atoms with Gasteiger partial charge in [-0.15, -0.1) is 12.4 Å². The van der Waals surface area contributed by atoms with Crippen molar-refractivity contribution in [1.29, 1.82) is 0 Å². The molecule has 2 unspecified atom stereocenters. The van der Waals surface area contributed by atoms with E-state index >= 15 is 0 Å². The molecule has 2 N–H and O–H groups in total. The van der Waals surface area contributed by atoms with Gasteiger partial charge in [0, 0.05) is 24.3 Å². The summed E-state index contributed by atoms with van der Waals surface area (Å²) in [7, 11) is 0. The lowest BCUT2D eigenvalue weighted by Gasteiger charge is -2.38. The number of benzene rings is 1. The van der Waals surface area contributed by atoms with Gasteiger partial charge in [-0.2, -0.15) is 0 Å². The van der Waals surface area contributed by atoms with Crippen LogP contribution in [0.15, 0.2) is 30.3 Å². The van der Waals surface area contributed by atoms with Crippen molar-refractivity contribution >= 4 is 29.2 Å². The molecule has 3 heterocycles. The first kappa shape index (κ1) is 17.3. The molecule has 5 heteroatoms. The highest BCUT2D eigenvalue weighted by molar-refractivity contribution is 5.85. The second-order valence-corrected chi connectivity index (χ2v) is 6.90. The first-order valence-corrected chi connectivity index (χ1v) is 8.92. The summed E-state index contributed by atoms with van der Waals surface area (Å²) in [6.45, 7) is 2.79. The maximum absolute atomic E-state index is 13.0. The Kier molecular flexibility index (Phi) is 5.47. The van der Waals surface area contributed by atoms with E-state index in [1.54, 1.807) is 0 Å². The molecule has 2 aromatic rings. The molecule has 24 heavy (non-hydrogen) atoms. The van der Waals surface area contributed by atoms with E-state index in [9.17, 15) is 4.79 Å². The molecule has 1 amide bonds. The van der Waals surface area contributed by atoms with Gasteiger partial charge in [-0.25, -0.2) is 0 Å². The van der Waals surface area contributed by atoms with Crippen LogP contribution in [0.3, 0.4) is 0 Å². The van der Waals surface area contributed by atoms with Crippen molar-refractivity contribution in [2.24, 2.45) is 5.92 Å². The molecule has 1 aromatic heterocycles. The number of aromatic amines is 1. The molecule has 0 aliphatic carbocycles. The number of fused-ring (bicyclic) bond motifs is 1. The van der Waals surface area contributed by atoms with E-state index in [4.69, 9.17) is 0 Å². The summed E-state index contributed by atoms with van der Waals surface area (Å²) in [4.78, 5) is 18.7. The van der Waals surface area contributed by atoms with Crippen LogP contribution in [0.5, 0.6) is 0 Å². The molecule has 2 aliphatic heterocycles. The Hall–Kier alpha value is -1.52. The molecule has 4 rings (SSSR count). The Bertz CT molecular complexity index is 660. The average molecular weight is 348 g/mol. The number of amides is 1. The Morgan fingerprint density at radius 3 is 2.79 bits per heavy atom. The zero-order chi connectivity index (χ0) is 15.6. The zero-order valence-corrected chi connectivity index (χ0v) is 14.8. The molecule has 130 valence electrons. The number of carbonyl (C=O) groups is 1. The van der Waals surface area contributed by atoms with Crippen LogP contribution in [0.2, 0.25) is 0 Å². The van der Waals surface area contributed by atoms with Crippen LogP contribution in [-0.2, 0) is 4.79 Å². The number of halogens is 1. The van der Waals surface area contributed by atoms with E-state index in [0.717, 1.165) is 45.3 Å². The van der Waals surface area contributed by atoms with Gasteiger partial charge in [0.15, 0.2) is 0 Å². The standard InChI is InChI=1S/C19H25N3O.ClH/c23-19(15-7-5-10-20-13-15)22-11-4-3-9-18(22)17-12-14-6-1-2-8-16(14)21-17;/h1-2,6,8,12,15,18,20-21H,3-5,7,9-11,13H2;1H. The van der Waals surface area contributed by atoms with Gasteiger partial charge in [0.1, 0.15) is 0 Å². The summed E-state index contributed by atoms with van der Waals surface area (Å²) in [5.41, 5.74) is 2.36. The first-order chi connectivity index (χ1) is 11.3. The number of hydrogen-bond acceptors (Lipinski definition) is 2. The molecule has 0 radical (unpaired) electrons. The van der Waals surface area contributed by atoms with Crippen LogP contribution in [-0.4, -0.2) is 35.4 Å². The summed E-state index contributed by atoms with van der Waals surface area (Å²) in [6, 6.07) is 10.8. The van der Waals surface area contributed by atoms with Crippen LogP contribution >= 0.6 is 12.4 Å². The van der Waals surface area contributed by atoms with E-state index in [-0.39, 0.29) is 24.4 Å². The Balaban J connectivity index is 0.00000169. The van der Waals surface area contributed by atoms with Crippen LogP contribution in [0, 0.1) is 5.92 Å². The minimum absolute atomic E-state index is 0. The lowest BCUT2D eigenvalue weighted by atomic mass is 9.93. The number of rotatable bonds is 2. The van der Waals surface area contributed by atoms with Gasteiger partial charge in [-0.05, 0) is 56.2 Å². The zero-order valence-electron chi connectivity index (χ0n) is 14.0. The largest absolute Gasteiger partial charge is 0.357 e. The third-order valence-corrected chi connectivity index (χ3v) is 5.34. The van der Waals surface area contributed by atoms with Crippen molar-refractivity contribution < 1.29 is 4.79 Å². The summed E-state index contributed by atoms with van der Waals surface area (Å²) in [5, 5.41) is 4.61.